The first kappa shape index (κ1) is 34.0. The molecule has 0 radical (unpaired) electrons. The van der Waals surface area contributed by atoms with Crippen molar-refractivity contribution in [2.45, 2.75) is 37.6 Å². The van der Waals surface area contributed by atoms with Gasteiger partial charge in [-0.05, 0) is 36.8 Å². The zero-order valence-electron chi connectivity index (χ0n) is 26.0. The fourth-order valence-corrected chi connectivity index (χ4v) is 5.67. The van der Waals surface area contributed by atoms with Crippen LogP contribution in [0, 0.1) is 6.92 Å². The van der Waals surface area contributed by atoms with Gasteiger partial charge in [0, 0.05) is 11.1 Å². The molecule has 3 aromatic rings. The number of phenols is 1. The highest BCUT2D eigenvalue weighted by atomic mass is 16.6. The van der Waals surface area contributed by atoms with E-state index in [1.165, 1.54) is 52.5 Å². The van der Waals surface area contributed by atoms with Gasteiger partial charge in [-0.25, -0.2) is 9.97 Å². The number of nitrogen functional groups attached to an aromatic ring is 1. The van der Waals surface area contributed by atoms with Gasteiger partial charge in [0.25, 0.3) is 5.91 Å². The van der Waals surface area contributed by atoms with Crippen LogP contribution in [-0.2, 0) is 9.47 Å². The van der Waals surface area contributed by atoms with E-state index in [-0.39, 0.29) is 68.0 Å². The molecule has 2 aliphatic rings. The maximum absolute atomic E-state index is 13.8. The number of benzene rings is 1. The van der Waals surface area contributed by atoms with E-state index in [0.717, 1.165) is 0 Å². The number of phenolic OH excluding ortho intramolecular Hbond substituents is 1. The van der Waals surface area contributed by atoms with Crippen LogP contribution in [0.15, 0.2) is 35.7 Å². The van der Waals surface area contributed by atoms with Crippen LogP contribution < -0.4 is 26.3 Å². The highest BCUT2D eigenvalue weighted by Crippen LogP contribution is 2.47. The Morgan fingerprint density at radius 2 is 1.62 bits per heavy atom. The number of fused-ring (bicyclic) bond motifs is 1. The van der Waals surface area contributed by atoms with Gasteiger partial charge < -0.3 is 61.3 Å². The summed E-state index contributed by atoms with van der Waals surface area (Å²) in [5.74, 6) is -3.09. The van der Waals surface area contributed by atoms with Crippen LogP contribution in [0.1, 0.15) is 36.9 Å². The van der Waals surface area contributed by atoms with E-state index >= 15 is 0 Å². The fraction of sp³-hybridized carbons (Fsp3) is 0.323. The van der Waals surface area contributed by atoms with Gasteiger partial charge in [-0.1, -0.05) is 0 Å². The average molecular weight is 668 g/mol. The first-order chi connectivity index (χ1) is 22.8. The van der Waals surface area contributed by atoms with Crippen molar-refractivity contribution >= 4 is 23.2 Å². The molecular weight excluding hydrogens is 634 g/mol. The van der Waals surface area contributed by atoms with Crippen molar-refractivity contribution in [2.75, 3.05) is 33.7 Å². The summed E-state index contributed by atoms with van der Waals surface area (Å²) in [5.41, 5.74) is 11.2. The molecule has 3 heterocycles. The summed E-state index contributed by atoms with van der Waals surface area (Å²) in [5, 5.41) is 54.5. The summed E-state index contributed by atoms with van der Waals surface area (Å²) < 4.78 is 20.8. The number of nitrogens with one attached hydrogen (secondary N) is 1. The molecule has 1 fully saturated rings. The first-order valence-corrected chi connectivity index (χ1v) is 14.3. The van der Waals surface area contributed by atoms with Gasteiger partial charge >= 0.3 is 0 Å². The van der Waals surface area contributed by atoms with E-state index in [4.69, 9.17) is 30.4 Å². The molecule has 17 nitrogen and oxygen atoms in total. The molecule has 1 saturated heterocycles. The average Bonchev–Trinajstić information content (AvgIpc) is 3.07. The molecule has 1 amide bonds. The Balaban J connectivity index is 1.71. The number of nitrogens with zero attached hydrogens (tertiary/aromatic N) is 2. The van der Waals surface area contributed by atoms with E-state index < -0.39 is 66.2 Å². The number of aromatic nitrogens is 2. The number of ether oxygens (including phenoxy) is 4. The zero-order valence-corrected chi connectivity index (χ0v) is 26.0. The number of amides is 1. The van der Waals surface area contributed by atoms with E-state index in [1.54, 1.807) is 0 Å². The number of anilines is 1. The Labute approximate surface area is 272 Å². The van der Waals surface area contributed by atoms with Crippen LogP contribution in [-0.4, -0.2) is 112 Å². The van der Waals surface area contributed by atoms with Crippen molar-refractivity contribution in [2.24, 2.45) is 5.73 Å². The summed E-state index contributed by atoms with van der Waals surface area (Å²) in [6.45, 7) is 0.751. The lowest BCUT2D eigenvalue weighted by Crippen LogP contribution is -2.64. The first-order valence-electron chi connectivity index (χ1n) is 14.3. The minimum atomic E-state index is -1.84. The zero-order chi connectivity index (χ0) is 35.2. The Morgan fingerprint density at radius 1 is 0.938 bits per heavy atom. The molecule has 1 aliphatic heterocycles. The Kier molecular flexibility index (Phi) is 9.25. The van der Waals surface area contributed by atoms with Crippen molar-refractivity contribution < 1.29 is 58.9 Å². The van der Waals surface area contributed by atoms with Crippen molar-refractivity contribution in [3.63, 3.8) is 0 Å². The van der Waals surface area contributed by atoms with Crippen molar-refractivity contribution in [1.29, 1.82) is 0 Å². The molecular formula is C31H33N5O12. The minimum Gasteiger partial charge on any atom is -0.504 e. The predicted molar refractivity (Wildman–Crippen MR) is 165 cm³/mol. The normalized spacial score (nSPS) is 22.3. The number of nitrogens with two attached hydrogens (primary N) is 2. The smallest absolute Gasteiger partial charge is 0.270 e. The molecule has 48 heavy (non-hydrogen) atoms. The molecule has 2 aromatic heterocycles. The van der Waals surface area contributed by atoms with Crippen LogP contribution in [0.4, 0.5) is 5.69 Å². The molecule has 0 unspecified atom stereocenters. The molecule has 5 rings (SSSR count). The van der Waals surface area contributed by atoms with Crippen LogP contribution in [0.5, 0.6) is 17.2 Å². The Bertz CT molecular complexity index is 1860. The van der Waals surface area contributed by atoms with Gasteiger partial charge in [-0.3, -0.25) is 14.4 Å². The second-order valence-corrected chi connectivity index (χ2v) is 10.8. The van der Waals surface area contributed by atoms with Crippen molar-refractivity contribution in [3.8, 4) is 39.8 Å². The van der Waals surface area contributed by atoms with Gasteiger partial charge in [0.2, 0.25) is 17.3 Å². The number of aromatic hydroxyl groups is 1. The van der Waals surface area contributed by atoms with Gasteiger partial charge in [0.05, 0.1) is 44.9 Å². The number of aliphatic hydroxyl groups excluding tert-OH is 4. The van der Waals surface area contributed by atoms with Crippen LogP contribution in [0.25, 0.3) is 22.5 Å². The Hall–Kier alpha value is -5.33. The predicted octanol–water partition coefficient (Wildman–Crippen LogP) is -0.851. The summed E-state index contributed by atoms with van der Waals surface area (Å²) >= 11 is 0. The summed E-state index contributed by atoms with van der Waals surface area (Å²) in [7, 11) is 3.86. The fourth-order valence-electron chi connectivity index (χ4n) is 5.67. The van der Waals surface area contributed by atoms with Crippen molar-refractivity contribution in [1.82, 2.24) is 15.3 Å². The number of rotatable bonds is 8. The van der Waals surface area contributed by atoms with Crippen molar-refractivity contribution in [3.05, 3.63) is 58.2 Å². The van der Waals surface area contributed by atoms with Gasteiger partial charge in [-0.15, -0.1) is 0 Å². The standard InChI is InChI=1S/C31H33N5O12/c1-10-16(11-6-8-14(45-2)28(46-3)23(11)38)17(32)21(13-7-5-12-20(34-13)26(41)18(33)29(47-4)24(12)39)35-19(10)30(43)36-22-27(42)25(40)15(9-37)48-31(22)44/h5-8,15,22,25,27,31,37-38,40,42,44H,9,32-33H2,1-4H3,(H,36,43)/t15-,22-,25-,27-,31-/m1/s1. The highest BCUT2D eigenvalue weighted by molar-refractivity contribution is 6.25. The number of carbonyl (C=O) groups is 3. The number of hydrogen-bond donors (Lipinski definition) is 8. The van der Waals surface area contributed by atoms with E-state index in [1.807, 2.05) is 0 Å². The topological polar surface area (TPSA) is 279 Å². The molecule has 0 bridgehead atoms. The number of methoxy groups -OCH3 is 3. The number of allylic oxidation sites excluding steroid dienone is 2. The summed E-state index contributed by atoms with van der Waals surface area (Å²) in [6.07, 6.45) is -6.59. The lowest BCUT2D eigenvalue weighted by atomic mass is 9.92. The lowest BCUT2D eigenvalue weighted by Gasteiger charge is -2.40. The molecule has 5 atom stereocenters. The largest absolute Gasteiger partial charge is 0.504 e. The number of Topliss-reactive ketones (excluding diaryl/α,β-unsaturated/α-hetero) is 2. The van der Waals surface area contributed by atoms with Gasteiger partial charge in [-0.2, -0.15) is 0 Å². The summed E-state index contributed by atoms with van der Waals surface area (Å²) in [4.78, 5) is 48.6. The van der Waals surface area contributed by atoms with E-state index in [2.05, 4.69) is 15.3 Å². The second-order valence-electron chi connectivity index (χ2n) is 10.8. The van der Waals surface area contributed by atoms with E-state index in [0.29, 0.717) is 0 Å². The van der Waals surface area contributed by atoms with E-state index in [9.17, 15) is 39.9 Å². The highest BCUT2D eigenvalue weighted by Gasteiger charge is 2.45. The SMILES string of the molecule is COC1=C(N)C(=O)c2nc(-c3nc(C(=O)N[C@@H]4[C@@H](O)[C@H](O)[C@@H](CO)O[C@H]4O)c(C)c(-c4ccc(OC)c(OC)c4O)c3N)ccc2C1=O. The minimum absolute atomic E-state index is 0.0524. The third kappa shape index (κ3) is 5.42. The van der Waals surface area contributed by atoms with Crippen LogP contribution >= 0.6 is 0 Å². The molecule has 0 saturated carbocycles. The molecule has 0 spiro atoms. The molecule has 1 aromatic carbocycles. The number of pyridine rings is 2. The van der Waals surface area contributed by atoms with Gasteiger partial charge in [0.1, 0.15) is 47.1 Å². The third-order valence-electron chi connectivity index (χ3n) is 8.18. The number of aliphatic hydroxyl groups is 4. The number of hydrogen-bond acceptors (Lipinski definition) is 16. The third-order valence-corrected chi connectivity index (χ3v) is 8.18. The monoisotopic (exact) mass is 667 g/mol. The van der Waals surface area contributed by atoms with Crippen LogP contribution in [0.2, 0.25) is 0 Å². The molecule has 17 heteroatoms. The Morgan fingerprint density at radius 3 is 2.25 bits per heavy atom. The maximum atomic E-state index is 13.8. The maximum Gasteiger partial charge on any atom is 0.270 e. The lowest BCUT2D eigenvalue weighted by molar-refractivity contribution is -0.252. The summed E-state index contributed by atoms with van der Waals surface area (Å²) in [6, 6.07) is 3.99. The van der Waals surface area contributed by atoms with Gasteiger partial charge in [0.15, 0.2) is 23.5 Å². The molecule has 10 N–H and O–H groups in total. The number of carbonyl (C=O) groups excluding carboxylic acids is 3. The molecule has 254 valence electrons. The van der Waals surface area contributed by atoms with Crippen LogP contribution in [0.3, 0.4) is 0 Å². The molecule has 1 aliphatic carbocycles. The number of ketones is 2. The quantitative estimate of drug-likeness (QED) is 0.145. The second kappa shape index (κ2) is 13.1.